The molecule has 0 aliphatic carbocycles. The second-order valence-corrected chi connectivity index (χ2v) is 5.50. The largest absolute Gasteiger partial charge is 0.488 e. The Labute approximate surface area is 143 Å². The van der Waals surface area contributed by atoms with Crippen molar-refractivity contribution in [3.63, 3.8) is 0 Å². The van der Waals surface area contributed by atoms with E-state index in [1.165, 1.54) is 32.2 Å². The molecule has 1 amide bonds. The average Bonchev–Trinajstić information content (AvgIpc) is 2.55. The van der Waals surface area contributed by atoms with E-state index in [2.05, 4.69) is 10.3 Å². The molecule has 25 heavy (non-hydrogen) atoms. The van der Waals surface area contributed by atoms with E-state index in [0.29, 0.717) is 0 Å². The molecule has 8 nitrogen and oxygen atoms in total. The van der Waals surface area contributed by atoms with Crippen LogP contribution in [0.1, 0.15) is 12.5 Å². The topological polar surface area (TPSA) is 143 Å². The monoisotopic (exact) mass is 360 g/mol. The first-order chi connectivity index (χ1) is 11.6. The van der Waals surface area contributed by atoms with Gasteiger partial charge < -0.3 is 31.7 Å². The summed E-state index contributed by atoms with van der Waals surface area (Å²) >= 11 is 0. The van der Waals surface area contributed by atoms with Gasteiger partial charge in [0.1, 0.15) is 24.3 Å². The third-order valence-electron chi connectivity index (χ3n) is 3.47. The molecule has 1 aromatic rings. The summed E-state index contributed by atoms with van der Waals surface area (Å²) < 4.78 is 29.4. The number of nitrogens with one attached hydrogen (secondary N) is 1. The molecular weight excluding hydrogens is 338 g/mol. The molecule has 2 unspecified atom stereocenters. The van der Waals surface area contributed by atoms with Gasteiger partial charge in [-0.15, -0.1) is 0 Å². The fourth-order valence-electron chi connectivity index (χ4n) is 1.86. The first-order valence-electron chi connectivity index (χ1n) is 7.29. The molecule has 0 heterocycles. The summed E-state index contributed by atoms with van der Waals surface area (Å²) in [4.78, 5) is 16.3. The highest BCUT2D eigenvalue weighted by atomic mass is 19.3. The van der Waals surface area contributed by atoms with Gasteiger partial charge in [0.2, 0.25) is 0 Å². The second kappa shape index (κ2) is 8.70. The van der Waals surface area contributed by atoms with Gasteiger partial charge >= 0.3 is 0 Å². The van der Waals surface area contributed by atoms with Crippen LogP contribution < -0.4 is 21.5 Å². The lowest BCUT2D eigenvalue weighted by Crippen LogP contribution is -2.61. The molecule has 2 atom stereocenters. The van der Waals surface area contributed by atoms with Crippen LogP contribution in [0.25, 0.3) is 0 Å². The average molecular weight is 360 g/mol. The number of nitrogens with two attached hydrogens (primary N) is 2. The van der Waals surface area contributed by atoms with Gasteiger partial charge in [-0.1, -0.05) is 0 Å². The highest BCUT2D eigenvalue weighted by molar-refractivity contribution is 6.46. The Bertz CT molecular complexity index is 640. The molecule has 1 rings (SSSR count). The van der Waals surface area contributed by atoms with Crippen LogP contribution in [0.3, 0.4) is 0 Å². The summed E-state index contributed by atoms with van der Waals surface area (Å²) in [5.74, 6) is -0.677. The molecule has 1 aromatic carbocycles. The van der Waals surface area contributed by atoms with Crippen molar-refractivity contribution in [2.45, 2.75) is 25.1 Å². The van der Waals surface area contributed by atoms with Gasteiger partial charge in [-0.25, -0.2) is 8.78 Å². The number of aliphatic imine (C=N–C) groups is 1. The summed E-state index contributed by atoms with van der Waals surface area (Å²) in [5.41, 5.74) is 9.86. The van der Waals surface area contributed by atoms with Crippen molar-refractivity contribution >= 4 is 17.3 Å². The minimum atomic E-state index is -2.65. The Kier molecular flexibility index (Phi) is 7.22. The van der Waals surface area contributed by atoms with Crippen molar-refractivity contribution in [3.8, 4) is 5.75 Å². The van der Waals surface area contributed by atoms with Crippen molar-refractivity contribution in [1.29, 1.82) is 0 Å². The van der Waals surface area contributed by atoms with Crippen LogP contribution in [0, 0.1) is 0 Å². The van der Waals surface area contributed by atoms with E-state index in [-0.39, 0.29) is 22.7 Å². The summed E-state index contributed by atoms with van der Waals surface area (Å²) in [6, 6.07) is 4.07. The molecule has 0 aliphatic rings. The summed E-state index contributed by atoms with van der Waals surface area (Å²) in [7, 11) is 1.33. The minimum Gasteiger partial charge on any atom is -0.488 e. The number of aliphatic hydroxyl groups excluding tert-OH is 2. The Hall–Kier alpha value is -2.30. The normalized spacial score (nSPS) is 15.6. The molecule has 7 N–H and O–H groups in total. The van der Waals surface area contributed by atoms with Gasteiger partial charge in [-0.3, -0.25) is 9.79 Å². The van der Waals surface area contributed by atoms with E-state index in [1.807, 2.05) is 0 Å². The van der Waals surface area contributed by atoms with Crippen LogP contribution in [0.4, 0.5) is 14.5 Å². The van der Waals surface area contributed by atoms with Gasteiger partial charge in [0.15, 0.2) is 0 Å². The van der Waals surface area contributed by atoms with Crippen molar-refractivity contribution in [2.24, 2.45) is 10.7 Å². The number of alkyl halides is 2. The number of rotatable bonds is 8. The van der Waals surface area contributed by atoms with Crippen molar-refractivity contribution in [2.75, 3.05) is 26.0 Å². The van der Waals surface area contributed by atoms with Gasteiger partial charge in [0.05, 0.1) is 12.1 Å². The molecule has 140 valence electrons. The molecule has 0 saturated heterocycles. The number of hydrogen-bond acceptors (Lipinski definition) is 7. The zero-order valence-corrected chi connectivity index (χ0v) is 13.9. The molecule has 0 aromatic heterocycles. The Balaban J connectivity index is 3.10. The number of carbonyl (C=O) groups excluding carboxylic acids is 1. The Morgan fingerprint density at radius 3 is 2.60 bits per heavy atom. The van der Waals surface area contributed by atoms with E-state index in [9.17, 15) is 23.8 Å². The number of hydrogen-bond donors (Lipinski definition) is 5. The first-order valence-corrected chi connectivity index (χ1v) is 7.29. The lowest BCUT2D eigenvalue weighted by atomic mass is 10.00. The Morgan fingerprint density at radius 2 is 2.12 bits per heavy atom. The third-order valence-corrected chi connectivity index (χ3v) is 3.47. The Morgan fingerprint density at radius 1 is 1.48 bits per heavy atom. The number of aliphatic hydroxyl groups is 2. The van der Waals surface area contributed by atoms with Gasteiger partial charge in [-0.2, -0.15) is 0 Å². The van der Waals surface area contributed by atoms with E-state index < -0.39 is 37.3 Å². The summed E-state index contributed by atoms with van der Waals surface area (Å²) in [6.45, 7) is -0.0924. The van der Waals surface area contributed by atoms with Gasteiger partial charge in [0.25, 0.3) is 12.3 Å². The number of halogens is 2. The zero-order valence-electron chi connectivity index (χ0n) is 13.9. The van der Waals surface area contributed by atoms with E-state index in [0.717, 1.165) is 0 Å². The number of anilines is 1. The summed E-state index contributed by atoms with van der Waals surface area (Å²) in [5, 5.41) is 21.2. The molecule has 0 bridgehead atoms. The second-order valence-electron chi connectivity index (χ2n) is 5.50. The predicted molar refractivity (Wildman–Crippen MR) is 88.6 cm³/mol. The SMILES string of the molecule is CN=C(C(=O)NC(C)(CO)C(N)O)c1cc(OCC(F)F)ccc1N. The van der Waals surface area contributed by atoms with E-state index in [4.69, 9.17) is 16.2 Å². The number of nitrogens with zero attached hydrogens (tertiary/aromatic N) is 1. The maximum atomic E-state index is 12.4. The van der Waals surface area contributed by atoms with Crippen LogP contribution in [-0.2, 0) is 4.79 Å². The van der Waals surface area contributed by atoms with Crippen molar-refractivity contribution in [3.05, 3.63) is 23.8 Å². The fourth-order valence-corrected chi connectivity index (χ4v) is 1.86. The standard InChI is InChI=1S/C15H22F2N4O4/c1-15(7-22,14(19)24)21-13(23)12(20-2)9-5-8(3-4-10(9)18)25-6-11(16)17/h3-5,11,14,22,24H,6-7,18-19H2,1-2H3,(H,21,23). The molecule has 0 aliphatic heterocycles. The van der Waals surface area contributed by atoms with Crippen LogP contribution in [-0.4, -0.2) is 60.3 Å². The van der Waals surface area contributed by atoms with E-state index >= 15 is 0 Å². The minimum absolute atomic E-state index is 0.0854. The number of amides is 1. The maximum Gasteiger partial charge on any atom is 0.272 e. The quantitative estimate of drug-likeness (QED) is 0.240. The van der Waals surface area contributed by atoms with Crippen LogP contribution >= 0.6 is 0 Å². The number of ether oxygens (including phenoxy) is 1. The van der Waals surface area contributed by atoms with Crippen LogP contribution in [0.5, 0.6) is 5.75 Å². The zero-order chi connectivity index (χ0) is 19.2. The predicted octanol–water partition coefficient (Wildman–Crippen LogP) is -0.524. The van der Waals surface area contributed by atoms with Gasteiger partial charge in [-0.05, 0) is 25.1 Å². The highest BCUT2D eigenvalue weighted by Gasteiger charge is 2.33. The smallest absolute Gasteiger partial charge is 0.272 e. The van der Waals surface area contributed by atoms with Crippen molar-refractivity contribution < 1.29 is 28.5 Å². The van der Waals surface area contributed by atoms with E-state index in [1.54, 1.807) is 0 Å². The maximum absolute atomic E-state index is 12.4. The number of benzene rings is 1. The number of carbonyl (C=O) groups is 1. The molecular formula is C15H22F2N4O4. The van der Waals surface area contributed by atoms with Crippen LogP contribution in [0.15, 0.2) is 23.2 Å². The fraction of sp³-hybridized carbons (Fsp3) is 0.467. The lowest BCUT2D eigenvalue weighted by molar-refractivity contribution is -0.118. The lowest BCUT2D eigenvalue weighted by Gasteiger charge is -2.31. The first kappa shape index (κ1) is 20.7. The molecule has 0 fully saturated rings. The molecule has 10 heteroatoms. The molecule has 0 spiro atoms. The molecule has 0 radical (unpaired) electrons. The van der Waals surface area contributed by atoms with Crippen molar-refractivity contribution in [1.82, 2.24) is 5.32 Å². The molecule has 0 saturated carbocycles. The van der Waals surface area contributed by atoms with Crippen LogP contribution in [0.2, 0.25) is 0 Å². The van der Waals surface area contributed by atoms with Gasteiger partial charge in [0, 0.05) is 18.3 Å². The highest BCUT2D eigenvalue weighted by Crippen LogP contribution is 2.22. The number of nitrogen functional groups attached to an aromatic ring is 1. The summed E-state index contributed by atoms with van der Waals surface area (Å²) in [6.07, 6.45) is -4.18. The third kappa shape index (κ3) is 5.34.